The minimum Gasteiger partial charge on any atom is -0.479 e. The second kappa shape index (κ2) is 4.73. The lowest BCUT2D eigenvalue weighted by molar-refractivity contribution is -0.150. The Morgan fingerprint density at radius 3 is 2.36 bits per heavy atom. The van der Waals surface area contributed by atoms with E-state index in [4.69, 9.17) is 9.63 Å². The molecule has 14 heavy (non-hydrogen) atoms. The fraction of sp³-hybridized carbons (Fsp3) is 0.625. The maximum atomic E-state index is 11.4. The molecule has 0 fully saturated rings. The number of carbonyl (C=O) groups is 1. The number of aliphatic carboxylic acids is 1. The lowest BCUT2D eigenvalue weighted by atomic mass is 10.1. The van der Waals surface area contributed by atoms with E-state index < -0.39 is 19.2 Å². The van der Waals surface area contributed by atoms with E-state index in [2.05, 4.69) is 4.52 Å². The van der Waals surface area contributed by atoms with Crippen molar-refractivity contribution >= 4 is 13.6 Å². The molecule has 0 heterocycles. The van der Waals surface area contributed by atoms with Crippen LogP contribution < -0.4 is 0 Å². The van der Waals surface area contributed by atoms with Gasteiger partial charge in [0.1, 0.15) is 0 Å². The first-order valence-corrected chi connectivity index (χ1v) is 5.97. The van der Waals surface area contributed by atoms with E-state index in [0.29, 0.717) is 0 Å². The lowest BCUT2D eigenvalue weighted by Gasteiger charge is -2.24. The summed E-state index contributed by atoms with van der Waals surface area (Å²) in [5, 5.41) is 8.87. The fourth-order valence-electron chi connectivity index (χ4n) is 0.841. The average molecular weight is 222 g/mol. The Morgan fingerprint density at radius 2 is 2.07 bits per heavy atom. The minimum atomic E-state index is -3.31. The van der Waals surface area contributed by atoms with Gasteiger partial charge in [0.05, 0.1) is 0 Å². The van der Waals surface area contributed by atoms with E-state index in [0.717, 1.165) is 0 Å². The first kappa shape index (κ1) is 13.4. The molecule has 0 saturated carbocycles. The minimum absolute atomic E-state index is 1.21. The van der Waals surface area contributed by atoms with Gasteiger partial charge in [0, 0.05) is 13.8 Å². The fourth-order valence-corrected chi connectivity index (χ4v) is 1.74. The lowest BCUT2D eigenvalue weighted by Crippen LogP contribution is -2.35. The van der Waals surface area contributed by atoms with Crippen LogP contribution in [-0.2, 0) is 18.4 Å². The smallest absolute Gasteiger partial charge is 0.340 e. The van der Waals surface area contributed by atoms with Crippen LogP contribution >= 0.6 is 7.60 Å². The monoisotopic (exact) mass is 222 g/mol. The number of allylic oxidation sites excluding steroid dienone is 1. The molecule has 0 spiro atoms. The molecule has 0 aromatic heterocycles. The molecule has 0 bridgehead atoms. The number of carboxylic acid groups (broad SMARTS) is 1. The molecule has 0 aliphatic heterocycles. The molecule has 0 aromatic rings. The summed E-state index contributed by atoms with van der Waals surface area (Å²) >= 11 is 0. The van der Waals surface area contributed by atoms with E-state index >= 15 is 0 Å². The van der Waals surface area contributed by atoms with Crippen LogP contribution in [0.1, 0.15) is 13.8 Å². The molecule has 6 heteroatoms. The quantitative estimate of drug-likeness (QED) is 0.568. The average Bonchev–Trinajstić information content (AvgIpc) is 2.03. The van der Waals surface area contributed by atoms with Gasteiger partial charge in [-0.2, -0.15) is 0 Å². The van der Waals surface area contributed by atoms with Crippen molar-refractivity contribution < 1.29 is 23.5 Å². The number of hydrogen-bond donors (Lipinski definition) is 1. The largest absolute Gasteiger partial charge is 0.479 e. The molecule has 0 rings (SSSR count). The Morgan fingerprint density at radius 1 is 1.57 bits per heavy atom. The standard InChI is InChI=1S/C8H15O5P/c1-5-6-8(2,7(9)10)13-14(4,11)12-3/h5-6H,1-4H3,(H,9,10). The zero-order valence-corrected chi connectivity index (χ0v) is 9.58. The van der Waals surface area contributed by atoms with Crippen LogP contribution in [0, 0.1) is 0 Å². The van der Waals surface area contributed by atoms with E-state index in [1.165, 1.54) is 32.9 Å². The molecule has 0 aromatic carbocycles. The summed E-state index contributed by atoms with van der Waals surface area (Å²) in [5.74, 6) is -1.21. The first-order valence-electron chi connectivity index (χ1n) is 3.98. The molecule has 82 valence electrons. The number of carboxylic acids is 1. The zero-order chi connectivity index (χ0) is 11.4. The Balaban J connectivity index is 4.88. The molecule has 1 N–H and O–H groups in total. The summed E-state index contributed by atoms with van der Waals surface area (Å²) in [6, 6.07) is 0. The van der Waals surface area contributed by atoms with Gasteiger partial charge < -0.3 is 9.63 Å². The van der Waals surface area contributed by atoms with Crippen molar-refractivity contribution in [3.05, 3.63) is 12.2 Å². The second-order valence-corrected chi connectivity index (χ2v) is 5.05. The summed E-state index contributed by atoms with van der Waals surface area (Å²) in [7, 11) is -2.10. The highest BCUT2D eigenvalue weighted by Crippen LogP contribution is 2.47. The van der Waals surface area contributed by atoms with Gasteiger partial charge in [0.2, 0.25) is 0 Å². The third kappa shape index (κ3) is 3.62. The van der Waals surface area contributed by atoms with Crippen LogP contribution in [0.15, 0.2) is 12.2 Å². The van der Waals surface area contributed by atoms with Gasteiger partial charge in [-0.05, 0) is 19.9 Å². The molecule has 2 unspecified atom stereocenters. The van der Waals surface area contributed by atoms with Crippen molar-refractivity contribution in [1.29, 1.82) is 0 Å². The van der Waals surface area contributed by atoms with E-state index in [9.17, 15) is 9.36 Å². The van der Waals surface area contributed by atoms with Crippen LogP contribution in [0.5, 0.6) is 0 Å². The number of hydrogen-bond acceptors (Lipinski definition) is 4. The van der Waals surface area contributed by atoms with Crippen LogP contribution in [0.2, 0.25) is 0 Å². The predicted octanol–water partition coefficient (Wildman–Crippen LogP) is 1.89. The molecule has 2 atom stereocenters. The van der Waals surface area contributed by atoms with Crippen molar-refractivity contribution in [1.82, 2.24) is 0 Å². The molecule has 5 nitrogen and oxygen atoms in total. The summed E-state index contributed by atoms with van der Waals surface area (Å²) in [6.07, 6.45) is 2.83. The Bertz CT molecular complexity index is 285. The maximum Gasteiger partial charge on any atom is 0.340 e. The molecule has 0 amide bonds. The Labute approximate surface area is 83.3 Å². The first-order chi connectivity index (χ1) is 6.27. The molecular formula is C8H15O5P. The van der Waals surface area contributed by atoms with Crippen molar-refractivity contribution in [2.24, 2.45) is 0 Å². The van der Waals surface area contributed by atoms with Crippen LogP contribution in [0.4, 0.5) is 0 Å². The van der Waals surface area contributed by atoms with Crippen LogP contribution in [-0.4, -0.2) is 30.5 Å². The predicted molar refractivity (Wildman–Crippen MR) is 52.5 cm³/mol. The van der Waals surface area contributed by atoms with E-state index in [1.807, 2.05) is 0 Å². The third-order valence-electron chi connectivity index (χ3n) is 1.60. The zero-order valence-electron chi connectivity index (χ0n) is 8.68. The van der Waals surface area contributed by atoms with Crippen molar-refractivity contribution in [2.45, 2.75) is 19.4 Å². The molecular weight excluding hydrogens is 207 g/mol. The Hall–Kier alpha value is -0.640. The second-order valence-electron chi connectivity index (χ2n) is 2.96. The molecule has 0 saturated heterocycles. The van der Waals surface area contributed by atoms with Gasteiger partial charge in [-0.3, -0.25) is 9.09 Å². The highest BCUT2D eigenvalue weighted by Gasteiger charge is 2.37. The number of rotatable bonds is 5. The van der Waals surface area contributed by atoms with Gasteiger partial charge in [-0.15, -0.1) is 0 Å². The molecule has 0 aliphatic carbocycles. The van der Waals surface area contributed by atoms with E-state index in [-0.39, 0.29) is 0 Å². The van der Waals surface area contributed by atoms with Gasteiger partial charge in [-0.1, -0.05) is 6.08 Å². The molecule has 0 aliphatic rings. The summed E-state index contributed by atoms with van der Waals surface area (Å²) < 4.78 is 20.9. The maximum absolute atomic E-state index is 11.4. The van der Waals surface area contributed by atoms with Gasteiger partial charge in [-0.25, -0.2) is 4.79 Å². The summed E-state index contributed by atoms with van der Waals surface area (Å²) in [6.45, 7) is 4.18. The van der Waals surface area contributed by atoms with Crippen molar-refractivity contribution in [3.63, 3.8) is 0 Å². The normalized spacial score (nSPS) is 20.3. The highest BCUT2D eigenvalue weighted by molar-refractivity contribution is 7.53. The molecule has 0 radical (unpaired) electrons. The van der Waals surface area contributed by atoms with Gasteiger partial charge >= 0.3 is 13.6 Å². The summed E-state index contributed by atoms with van der Waals surface area (Å²) in [4.78, 5) is 10.9. The van der Waals surface area contributed by atoms with Gasteiger partial charge in [0.25, 0.3) is 0 Å². The van der Waals surface area contributed by atoms with Crippen LogP contribution in [0.25, 0.3) is 0 Å². The van der Waals surface area contributed by atoms with Crippen molar-refractivity contribution in [3.8, 4) is 0 Å². The third-order valence-corrected chi connectivity index (χ3v) is 2.97. The SMILES string of the molecule is CC=CC(C)(OP(C)(=O)OC)C(=O)O. The highest BCUT2D eigenvalue weighted by atomic mass is 31.2. The van der Waals surface area contributed by atoms with E-state index in [1.54, 1.807) is 6.92 Å². The van der Waals surface area contributed by atoms with Crippen LogP contribution in [0.3, 0.4) is 0 Å². The van der Waals surface area contributed by atoms with Gasteiger partial charge in [0.15, 0.2) is 5.60 Å². The Kier molecular flexibility index (Phi) is 4.52. The summed E-state index contributed by atoms with van der Waals surface area (Å²) in [5.41, 5.74) is -1.62. The topological polar surface area (TPSA) is 72.8 Å². The van der Waals surface area contributed by atoms with Crippen molar-refractivity contribution in [2.75, 3.05) is 13.8 Å².